The van der Waals surface area contributed by atoms with Gasteiger partial charge in [-0.05, 0) is 42.0 Å². The van der Waals surface area contributed by atoms with Gasteiger partial charge in [-0.1, -0.05) is 17.7 Å². The highest BCUT2D eigenvalue weighted by Gasteiger charge is 2.19. The number of halogens is 3. The van der Waals surface area contributed by atoms with E-state index in [0.29, 0.717) is 21.9 Å². The summed E-state index contributed by atoms with van der Waals surface area (Å²) in [5.41, 5.74) is 3.64. The molecule has 3 aromatic rings. The molecule has 108 valence electrons. The van der Waals surface area contributed by atoms with Crippen molar-refractivity contribution >= 4 is 22.6 Å². The molecule has 1 aromatic heterocycles. The summed E-state index contributed by atoms with van der Waals surface area (Å²) < 4.78 is 32.1. The van der Waals surface area contributed by atoms with Crippen molar-refractivity contribution in [3.05, 3.63) is 70.4 Å². The summed E-state index contributed by atoms with van der Waals surface area (Å²) in [4.78, 5) is 0. The monoisotopic (exact) mass is 308 g/mol. The Balaban J connectivity index is 2.06. The van der Waals surface area contributed by atoms with Gasteiger partial charge in [0.25, 0.3) is 0 Å². The summed E-state index contributed by atoms with van der Waals surface area (Å²) in [6, 6.07) is 9.94. The zero-order chi connectivity index (χ0) is 15.0. The third-order valence-electron chi connectivity index (χ3n) is 3.23. The van der Waals surface area contributed by atoms with Gasteiger partial charge in [0.05, 0.1) is 0 Å². The second kappa shape index (κ2) is 5.44. The van der Waals surface area contributed by atoms with E-state index in [1.807, 2.05) is 0 Å². The molecule has 6 heteroatoms. The molecule has 0 radical (unpaired) electrons. The Morgan fingerprint density at radius 1 is 1.05 bits per heavy atom. The van der Waals surface area contributed by atoms with Crippen LogP contribution in [0.3, 0.4) is 0 Å². The van der Waals surface area contributed by atoms with E-state index in [-0.39, 0.29) is 0 Å². The number of hydrogen-bond acceptors (Lipinski definition) is 3. The summed E-state index contributed by atoms with van der Waals surface area (Å²) in [5, 5.41) is 1.39. The molecule has 0 fully saturated rings. The van der Waals surface area contributed by atoms with Crippen molar-refractivity contribution in [2.45, 2.75) is 6.04 Å². The largest absolute Gasteiger partial charge is 0.459 e. The van der Waals surface area contributed by atoms with Crippen LogP contribution in [-0.2, 0) is 0 Å². The first-order valence-corrected chi connectivity index (χ1v) is 6.56. The Labute approximate surface area is 124 Å². The summed E-state index contributed by atoms with van der Waals surface area (Å²) >= 11 is 5.92. The van der Waals surface area contributed by atoms with Gasteiger partial charge in [-0.3, -0.25) is 5.84 Å². The SMILES string of the molecule is NNC(c1ccc(F)c(F)c1)c1cc2cc(Cl)ccc2o1. The molecule has 0 amide bonds. The number of nitrogens with one attached hydrogen (secondary N) is 1. The molecule has 0 bridgehead atoms. The molecule has 1 heterocycles. The minimum Gasteiger partial charge on any atom is -0.459 e. The molecule has 0 aliphatic heterocycles. The Bertz CT molecular complexity index is 803. The first-order valence-electron chi connectivity index (χ1n) is 6.18. The van der Waals surface area contributed by atoms with E-state index < -0.39 is 17.7 Å². The van der Waals surface area contributed by atoms with Crippen molar-refractivity contribution in [2.24, 2.45) is 5.84 Å². The topological polar surface area (TPSA) is 51.2 Å². The molecule has 21 heavy (non-hydrogen) atoms. The van der Waals surface area contributed by atoms with E-state index >= 15 is 0 Å². The molecule has 3 N–H and O–H groups in total. The Morgan fingerprint density at radius 2 is 1.86 bits per heavy atom. The summed E-state index contributed by atoms with van der Waals surface area (Å²) in [6.07, 6.45) is 0. The highest BCUT2D eigenvalue weighted by molar-refractivity contribution is 6.31. The fraction of sp³-hybridized carbons (Fsp3) is 0.0667. The van der Waals surface area contributed by atoms with Crippen LogP contribution in [0.5, 0.6) is 0 Å². The average Bonchev–Trinajstić information content (AvgIpc) is 2.86. The molecule has 3 rings (SSSR count). The second-order valence-corrected chi connectivity index (χ2v) is 5.04. The van der Waals surface area contributed by atoms with Gasteiger partial charge in [0, 0.05) is 10.4 Å². The van der Waals surface area contributed by atoms with Crippen LogP contribution in [0.15, 0.2) is 46.9 Å². The number of hydrazine groups is 1. The number of benzene rings is 2. The Morgan fingerprint density at radius 3 is 2.57 bits per heavy atom. The smallest absolute Gasteiger partial charge is 0.159 e. The lowest BCUT2D eigenvalue weighted by molar-refractivity contribution is 0.469. The number of furan rings is 1. The minimum atomic E-state index is -0.938. The third kappa shape index (κ3) is 2.63. The van der Waals surface area contributed by atoms with Crippen LogP contribution in [-0.4, -0.2) is 0 Å². The van der Waals surface area contributed by atoms with Crippen LogP contribution in [0.4, 0.5) is 8.78 Å². The predicted octanol–water partition coefficient (Wildman–Crippen LogP) is 3.92. The summed E-state index contributed by atoms with van der Waals surface area (Å²) in [5.74, 6) is 4.16. The normalized spacial score (nSPS) is 12.8. The molecule has 0 spiro atoms. The second-order valence-electron chi connectivity index (χ2n) is 4.60. The molecule has 3 nitrogen and oxygen atoms in total. The van der Waals surface area contributed by atoms with Crippen LogP contribution < -0.4 is 11.3 Å². The first-order chi connectivity index (χ1) is 10.1. The highest BCUT2D eigenvalue weighted by atomic mass is 35.5. The molecule has 0 aliphatic rings. The lowest BCUT2D eigenvalue weighted by atomic mass is 10.0. The summed E-state index contributed by atoms with van der Waals surface area (Å²) in [6.45, 7) is 0. The van der Waals surface area contributed by atoms with E-state index in [1.54, 1.807) is 24.3 Å². The Kier molecular flexibility index (Phi) is 3.63. The van der Waals surface area contributed by atoms with Crippen LogP contribution in [0.2, 0.25) is 5.02 Å². The van der Waals surface area contributed by atoms with Crippen molar-refractivity contribution in [3.8, 4) is 0 Å². The van der Waals surface area contributed by atoms with Crippen molar-refractivity contribution < 1.29 is 13.2 Å². The molecule has 2 aromatic carbocycles. The molecule has 1 atom stereocenters. The van der Waals surface area contributed by atoms with Crippen molar-refractivity contribution in [1.29, 1.82) is 0 Å². The van der Waals surface area contributed by atoms with Gasteiger partial charge < -0.3 is 4.42 Å². The van der Waals surface area contributed by atoms with Crippen LogP contribution in [0.25, 0.3) is 11.0 Å². The van der Waals surface area contributed by atoms with E-state index in [2.05, 4.69) is 5.43 Å². The molecule has 1 unspecified atom stereocenters. The van der Waals surface area contributed by atoms with Crippen LogP contribution in [0, 0.1) is 11.6 Å². The number of nitrogens with two attached hydrogens (primary N) is 1. The van der Waals surface area contributed by atoms with Crippen molar-refractivity contribution in [1.82, 2.24) is 5.43 Å². The maximum Gasteiger partial charge on any atom is 0.159 e. The molecule has 0 saturated heterocycles. The van der Waals surface area contributed by atoms with E-state index in [4.69, 9.17) is 21.9 Å². The van der Waals surface area contributed by atoms with Crippen LogP contribution in [0.1, 0.15) is 17.4 Å². The van der Waals surface area contributed by atoms with Gasteiger partial charge in [-0.15, -0.1) is 0 Å². The molecular formula is C15H11ClF2N2O. The van der Waals surface area contributed by atoms with Crippen molar-refractivity contribution in [2.75, 3.05) is 0 Å². The maximum absolute atomic E-state index is 13.4. The maximum atomic E-state index is 13.4. The molecular weight excluding hydrogens is 298 g/mol. The van der Waals surface area contributed by atoms with E-state index in [1.165, 1.54) is 6.07 Å². The zero-order valence-corrected chi connectivity index (χ0v) is 11.5. The summed E-state index contributed by atoms with van der Waals surface area (Å²) in [7, 11) is 0. The standard InChI is InChI=1S/C15H11ClF2N2O/c16-10-2-4-13-9(5-10)7-14(21-13)15(20-19)8-1-3-11(17)12(18)6-8/h1-7,15,20H,19H2. The average molecular weight is 309 g/mol. The third-order valence-corrected chi connectivity index (χ3v) is 3.46. The van der Waals surface area contributed by atoms with Crippen LogP contribution >= 0.6 is 11.6 Å². The Hall–Kier alpha value is -1.95. The fourth-order valence-corrected chi connectivity index (χ4v) is 2.39. The number of rotatable bonds is 3. The highest BCUT2D eigenvalue weighted by Crippen LogP contribution is 2.30. The number of fused-ring (bicyclic) bond motifs is 1. The molecule has 0 saturated carbocycles. The quantitative estimate of drug-likeness (QED) is 0.569. The van der Waals surface area contributed by atoms with Gasteiger partial charge in [0.15, 0.2) is 11.6 Å². The van der Waals surface area contributed by atoms with E-state index in [9.17, 15) is 8.78 Å². The fourth-order valence-electron chi connectivity index (χ4n) is 2.21. The number of hydrogen-bond donors (Lipinski definition) is 2. The first kappa shape index (κ1) is 14.0. The van der Waals surface area contributed by atoms with Gasteiger partial charge in [0.1, 0.15) is 17.4 Å². The predicted molar refractivity (Wildman–Crippen MR) is 76.7 cm³/mol. The van der Waals surface area contributed by atoms with Gasteiger partial charge in [-0.2, -0.15) is 0 Å². The zero-order valence-electron chi connectivity index (χ0n) is 10.7. The lowest BCUT2D eigenvalue weighted by Gasteiger charge is -2.13. The van der Waals surface area contributed by atoms with E-state index in [0.717, 1.165) is 17.5 Å². The van der Waals surface area contributed by atoms with Gasteiger partial charge >= 0.3 is 0 Å². The molecule has 0 aliphatic carbocycles. The minimum absolute atomic E-state index is 0.460. The van der Waals surface area contributed by atoms with Gasteiger partial charge in [-0.25, -0.2) is 14.2 Å². The van der Waals surface area contributed by atoms with Gasteiger partial charge in [0.2, 0.25) is 0 Å². The van der Waals surface area contributed by atoms with Crippen molar-refractivity contribution in [3.63, 3.8) is 0 Å². The lowest BCUT2D eigenvalue weighted by Crippen LogP contribution is -2.28.